The molecule has 0 aliphatic heterocycles. The monoisotopic (exact) mass is 739 g/mol. The van der Waals surface area contributed by atoms with Crippen molar-refractivity contribution in [2.75, 3.05) is 4.90 Å². The fourth-order valence-corrected chi connectivity index (χ4v) is 8.66. The molecular formula is C56H37NO. The lowest BCUT2D eigenvalue weighted by Gasteiger charge is -2.27. The second kappa shape index (κ2) is 14.1. The Morgan fingerprint density at radius 1 is 0.276 bits per heavy atom. The topological polar surface area (TPSA) is 16.4 Å². The summed E-state index contributed by atoms with van der Waals surface area (Å²) in [5.41, 5.74) is 14.6. The molecule has 0 spiro atoms. The summed E-state index contributed by atoms with van der Waals surface area (Å²) in [4.78, 5) is 2.39. The summed E-state index contributed by atoms with van der Waals surface area (Å²) in [5.74, 6) is 0. The molecule has 11 aromatic rings. The van der Waals surface area contributed by atoms with Gasteiger partial charge in [0.25, 0.3) is 0 Å². The molecule has 58 heavy (non-hydrogen) atoms. The van der Waals surface area contributed by atoms with Crippen molar-refractivity contribution in [3.8, 4) is 44.5 Å². The second-order valence-corrected chi connectivity index (χ2v) is 14.9. The van der Waals surface area contributed by atoms with Gasteiger partial charge < -0.3 is 9.32 Å². The molecule has 0 aliphatic carbocycles. The quantitative estimate of drug-likeness (QED) is 0.162. The van der Waals surface area contributed by atoms with Gasteiger partial charge in [0.15, 0.2) is 0 Å². The zero-order valence-corrected chi connectivity index (χ0v) is 31.7. The van der Waals surface area contributed by atoms with Crippen LogP contribution < -0.4 is 4.90 Å². The van der Waals surface area contributed by atoms with E-state index in [9.17, 15) is 0 Å². The second-order valence-electron chi connectivity index (χ2n) is 14.9. The molecule has 2 nitrogen and oxygen atoms in total. The van der Waals surface area contributed by atoms with Crippen molar-refractivity contribution >= 4 is 60.5 Å². The Bertz CT molecular complexity index is 3270. The lowest BCUT2D eigenvalue weighted by Crippen LogP contribution is -2.10. The van der Waals surface area contributed by atoms with Crippen molar-refractivity contribution in [3.63, 3.8) is 0 Å². The highest BCUT2D eigenvalue weighted by Crippen LogP contribution is 2.44. The van der Waals surface area contributed by atoms with Gasteiger partial charge in [0.1, 0.15) is 11.2 Å². The van der Waals surface area contributed by atoms with Crippen molar-refractivity contribution in [1.82, 2.24) is 0 Å². The highest BCUT2D eigenvalue weighted by atomic mass is 16.3. The highest BCUT2D eigenvalue weighted by Gasteiger charge is 2.19. The third kappa shape index (κ3) is 5.91. The molecule has 1 aromatic heterocycles. The number of fused-ring (bicyclic) bond motifs is 6. The summed E-state index contributed by atoms with van der Waals surface area (Å²) in [7, 11) is 0. The van der Waals surface area contributed by atoms with E-state index < -0.39 is 0 Å². The van der Waals surface area contributed by atoms with Gasteiger partial charge in [-0.3, -0.25) is 0 Å². The number of rotatable bonds is 7. The van der Waals surface area contributed by atoms with E-state index in [2.05, 4.69) is 217 Å². The van der Waals surface area contributed by atoms with Crippen molar-refractivity contribution in [2.45, 2.75) is 0 Å². The van der Waals surface area contributed by atoms with E-state index in [1.807, 2.05) is 12.1 Å². The summed E-state index contributed by atoms with van der Waals surface area (Å²) in [6, 6.07) is 80.8. The van der Waals surface area contributed by atoms with Crippen LogP contribution in [0.25, 0.3) is 88.0 Å². The molecule has 0 radical (unpaired) electrons. The fourth-order valence-electron chi connectivity index (χ4n) is 8.66. The van der Waals surface area contributed by atoms with Crippen LogP contribution in [0.5, 0.6) is 0 Å². The Morgan fingerprint density at radius 2 is 0.897 bits per heavy atom. The highest BCUT2D eigenvalue weighted by molar-refractivity contribution is 6.19. The average Bonchev–Trinajstić information content (AvgIpc) is 3.69. The van der Waals surface area contributed by atoms with E-state index in [4.69, 9.17) is 4.42 Å². The van der Waals surface area contributed by atoms with Crippen molar-refractivity contribution in [1.29, 1.82) is 0 Å². The normalized spacial score (nSPS) is 11.4. The maximum atomic E-state index is 6.19. The van der Waals surface area contributed by atoms with Crippen LogP contribution in [0.2, 0.25) is 0 Å². The van der Waals surface area contributed by atoms with E-state index in [-0.39, 0.29) is 0 Å². The summed E-state index contributed by atoms with van der Waals surface area (Å²) < 4.78 is 6.19. The number of para-hydroxylation sites is 1. The van der Waals surface area contributed by atoms with E-state index >= 15 is 0 Å². The first-order chi connectivity index (χ1) is 28.7. The lowest BCUT2D eigenvalue weighted by molar-refractivity contribution is 0.669. The standard InChI is InChI=1S/C56H37NO/c1-3-13-38(14-4-1)42-19-11-20-46(36-42)57(47-31-33-49(40-15-5-2-6-16-40)53(37-47)51-23-12-18-41-17-7-8-21-48(41)51)45-29-25-39(26-30-45)43-27-32-50-44(35-43)28-34-55-56(50)52-22-9-10-24-54(52)58-55/h1-37H. The molecule has 0 bridgehead atoms. The first-order valence-corrected chi connectivity index (χ1v) is 19.8. The first-order valence-electron chi connectivity index (χ1n) is 19.8. The fraction of sp³-hybridized carbons (Fsp3) is 0. The Kier molecular flexibility index (Phi) is 8.19. The van der Waals surface area contributed by atoms with Gasteiger partial charge in [0, 0.05) is 27.8 Å². The molecule has 1 heterocycles. The summed E-state index contributed by atoms with van der Waals surface area (Å²) in [5, 5.41) is 7.18. The van der Waals surface area contributed by atoms with Gasteiger partial charge in [-0.15, -0.1) is 0 Å². The number of hydrogen-bond donors (Lipinski definition) is 0. The minimum absolute atomic E-state index is 0.919. The molecule has 0 aliphatic rings. The molecule has 2 heteroatoms. The molecule has 0 saturated carbocycles. The third-order valence-corrected chi connectivity index (χ3v) is 11.5. The van der Waals surface area contributed by atoms with Crippen molar-refractivity contribution < 1.29 is 4.42 Å². The van der Waals surface area contributed by atoms with Crippen molar-refractivity contribution in [3.05, 3.63) is 224 Å². The van der Waals surface area contributed by atoms with Crippen LogP contribution in [0.3, 0.4) is 0 Å². The van der Waals surface area contributed by atoms with Gasteiger partial charge in [0.2, 0.25) is 0 Å². The smallest absolute Gasteiger partial charge is 0.136 e. The van der Waals surface area contributed by atoms with Gasteiger partial charge >= 0.3 is 0 Å². The Balaban J connectivity index is 1.06. The first kappa shape index (κ1) is 33.6. The SMILES string of the molecule is c1ccc(-c2cccc(N(c3ccc(-c4ccc5c(ccc6oc7ccccc7c65)c4)cc3)c3ccc(-c4ccccc4)c(-c4cccc5ccccc45)c3)c2)cc1. The Hall–Kier alpha value is -7.68. The average molecular weight is 740 g/mol. The number of nitrogens with zero attached hydrogens (tertiary/aromatic N) is 1. The predicted octanol–water partition coefficient (Wildman–Crippen LogP) is 16.0. The maximum absolute atomic E-state index is 6.19. The number of benzene rings is 10. The summed E-state index contributed by atoms with van der Waals surface area (Å²) in [6.45, 7) is 0. The molecule has 0 unspecified atom stereocenters. The van der Waals surface area contributed by atoms with E-state index in [0.29, 0.717) is 0 Å². The lowest BCUT2D eigenvalue weighted by atomic mass is 9.90. The van der Waals surface area contributed by atoms with Crippen LogP contribution in [-0.2, 0) is 0 Å². The number of anilines is 3. The third-order valence-electron chi connectivity index (χ3n) is 11.5. The van der Waals surface area contributed by atoms with Gasteiger partial charge in [-0.05, 0) is 121 Å². The molecule has 0 fully saturated rings. The zero-order valence-electron chi connectivity index (χ0n) is 31.7. The largest absolute Gasteiger partial charge is 0.456 e. The molecule has 272 valence electrons. The molecule has 0 atom stereocenters. The van der Waals surface area contributed by atoms with Gasteiger partial charge in [-0.1, -0.05) is 170 Å². The summed E-state index contributed by atoms with van der Waals surface area (Å²) >= 11 is 0. The van der Waals surface area contributed by atoms with Crippen LogP contribution >= 0.6 is 0 Å². The Morgan fingerprint density at radius 3 is 1.74 bits per heavy atom. The predicted molar refractivity (Wildman–Crippen MR) is 245 cm³/mol. The Labute approximate surface area is 337 Å². The van der Waals surface area contributed by atoms with Gasteiger partial charge in [0.05, 0.1) is 0 Å². The minimum Gasteiger partial charge on any atom is -0.456 e. The van der Waals surface area contributed by atoms with Crippen LogP contribution in [0.15, 0.2) is 229 Å². The van der Waals surface area contributed by atoms with Gasteiger partial charge in [-0.25, -0.2) is 0 Å². The molecule has 0 N–H and O–H groups in total. The van der Waals surface area contributed by atoms with E-state index in [0.717, 1.165) is 39.2 Å². The minimum atomic E-state index is 0.919. The molecule has 0 saturated heterocycles. The number of furan rings is 1. The summed E-state index contributed by atoms with van der Waals surface area (Å²) in [6.07, 6.45) is 0. The van der Waals surface area contributed by atoms with Gasteiger partial charge in [-0.2, -0.15) is 0 Å². The van der Waals surface area contributed by atoms with E-state index in [1.165, 1.54) is 65.9 Å². The maximum Gasteiger partial charge on any atom is 0.136 e. The van der Waals surface area contributed by atoms with E-state index in [1.54, 1.807) is 0 Å². The number of hydrogen-bond acceptors (Lipinski definition) is 2. The van der Waals surface area contributed by atoms with Crippen molar-refractivity contribution in [2.24, 2.45) is 0 Å². The zero-order chi connectivity index (χ0) is 38.4. The molecule has 0 amide bonds. The molecule has 10 aromatic carbocycles. The molecular weight excluding hydrogens is 703 g/mol. The van der Waals surface area contributed by atoms with Crippen LogP contribution in [-0.4, -0.2) is 0 Å². The van der Waals surface area contributed by atoms with Crippen LogP contribution in [0.4, 0.5) is 17.1 Å². The molecule has 11 rings (SSSR count). The van der Waals surface area contributed by atoms with Crippen LogP contribution in [0.1, 0.15) is 0 Å². The van der Waals surface area contributed by atoms with Crippen LogP contribution in [0, 0.1) is 0 Å².